The Morgan fingerprint density at radius 1 is 1.05 bits per heavy atom. The normalized spacial score (nSPS) is 11.9. The van der Waals surface area contributed by atoms with Crippen LogP contribution in [-0.2, 0) is 0 Å². The summed E-state index contributed by atoms with van der Waals surface area (Å²) in [5, 5.41) is 7.44. The van der Waals surface area contributed by atoms with Gasteiger partial charge in [0.05, 0.1) is 13.1 Å². The maximum atomic E-state index is 7.44. The van der Waals surface area contributed by atoms with Crippen molar-refractivity contribution in [2.24, 2.45) is 0 Å². The molecule has 20 heavy (non-hydrogen) atoms. The molecule has 0 amide bonds. The molecule has 0 saturated carbocycles. The Kier molecular flexibility index (Phi) is 8.66. The number of unbranched alkanes of at least 4 members (excludes halogenated alkanes) is 5. The highest BCUT2D eigenvalue weighted by Crippen LogP contribution is 2.14. The third-order valence-electron chi connectivity index (χ3n) is 3.80. The van der Waals surface area contributed by atoms with Gasteiger partial charge >= 0.3 is 6.01 Å². The predicted octanol–water partition coefficient (Wildman–Crippen LogP) is 4.92. The van der Waals surface area contributed by atoms with Gasteiger partial charge in [0, 0.05) is 5.92 Å². The minimum atomic E-state index is 0.453. The molecule has 1 aromatic carbocycles. The van der Waals surface area contributed by atoms with Crippen LogP contribution in [0.15, 0.2) is 30.3 Å². The van der Waals surface area contributed by atoms with Crippen LogP contribution in [0.2, 0.25) is 0 Å². The minimum Gasteiger partial charge on any atom is -0.220 e. The van der Waals surface area contributed by atoms with Gasteiger partial charge in [-0.1, -0.05) is 75.3 Å². The average molecular weight is 273 g/mol. The number of benzene rings is 1. The molecule has 0 aliphatic carbocycles. The second kappa shape index (κ2) is 10.4. The van der Waals surface area contributed by atoms with Crippen molar-refractivity contribution >= 4 is 6.01 Å². The fourth-order valence-electron chi connectivity index (χ4n) is 2.49. The summed E-state index contributed by atoms with van der Waals surface area (Å²) in [6, 6.07) is 13.1. The summed E-state index contributed by atoms with van der Waals surface area (Å²) in [5.74, 6) is 0.453. The van der Waals surface area contributed by atoms with Crippen LogP contribution in [0.25, 0.3) is 0 Å². The third kappa shape index (κ3) is 6.68. The first-order valence-corrected chi connectivity index (χ1v) is 8.00. The van der Waals surface area contributed by atoms with Crippen LogP contribution < -0.4 is 0 Å². The van der Waals surface area contributed by atoms with Crippen molar-refractivity contribution < 1.29 is 4.58 Å². The highest BCUT2D eigenvalue weighted by atomic mass is 15.0. The molecular weight excluding hydrogens is 244 g/mol. The first-order chi connectivity index (χ1) is 9.77. The van der Waals surface area contributed by atoms with E-state index in [0.717, 1.165) is 13.1 Å². The molecule has 1 unspecified atom stereocenters. The minimum absolute atomic E-state index is 0.453. The van der Waals surface area contributed by atoms with Gasteiger partial charge in [-0.2, -0.15) is 0 Å². The zero-order valence-electron chi connectivity index (χ0n) is 13.1. The number of rotatable bonds is 10. The molecule has 110 valence electrons. The summed E-state index contributed by atoms with van der Waals surface area (Å²) in [5.41, 5.74) is 1.34. The summed E-state index contributed by atoms with van der Waals surface area (Å²) < 4.78 is 2.03. The number of hydrogen-bond donors (Lipinski definition) is 1. The van der Waals surface area contributed by atoms with Gasteiger partial charge < -0.3 is 0 Å². The molecule has 0 saturated heterocycles. The van der Waals surface area contributed by atoms with Crippen molar-refractivity contribution in [2.75, 3.05) is 13.1 Å². The van der Waals surface area contributed by atoms with Gasteiger partial charge in [-0.05, 0) is 18.4 Å². The van der Waals surface area contributed by atoms with Crippen molar-refractivity contribution in [3.8, 4) is 0 Å². The van der Waals surface area contributed by atoms with Crippen molar-refractivity contribution in [1.29, 1.82) is 5.41 Å². The van der Waals surface area contributed by atoms with E-state index in [-0.39, 0.29) is 0 Å². The van der Waals surface area contributed by atoms with Crippen LogP contribution in [0.5, 0.6) is 0 Å². The largest absolute Gasteiger partial charge is 0.303 e. The maximum Gasteiger partial charge on any atom is 0.303 e. The Hall–Kier alpha value is -1.40. The summed E-state index contributed by atoms with van der Waals surface area (Å²) in [4.78, 5) is 0. The second-order valence-electron chi connectivity index (χ2n) is 5.64. The summed E-state index contributed by atoms with van der Waals surface area (Å²) in [7, 11) is 0. The van der Waals surface area contributed by atoms with E-state index in [4.69, 9.17) is 5.41 Å². The molecule has 0 heterocycles. The standard InChI is InChI=1S/C18H29N2/c1-3-4-5-6-7-11-14-20(16-19)15-17(2)18-12-9-8-10-13-18/h8-10,12-13,17,19H,3-7,11,14-15H2,1-2H3/q+1. The Labute approximate surface area is 124 Å². The van der Waals surface area contributed by atoms with Crippen LogP contribution in [-0.4, -0.2) is 23.7 Å². The van der Waals surface area contributed by atoms with E-state index < -0.39 is 0 Å². The zero-order chi connectivity index (χ0) is 14.6. The lowest BCUT2D eigenvalue weighted by Crippen LogP contribution is -2.18. The van der Waals surface area contributed by atoms with Crippen LogP contribution in [0.3, 0.4) is 0 Å². The first-order valence-electron chi connectivity index (χ1n) is 8.00. The van der Waals surface area contributed by atoms with Gasteiger partial charge in [0.15, 0.2) is 0 Å². The van der Waals surface area contributed by atoms with E-state index in [1.165, 1.54) is 44.1 Å². The van der Waals surface area contributed by atoms with E-state index >= 15 is 0 Å². The molecular formula is C18H29N2+. The van der Waals surface area contributed by atoms with Crippen molar-refractivity contribution in [3.63, 3.8) is 0 Å². The molecule has 0 bridgehead atoms. The average Bonchev–Trinajstić information content (AvgIpc) is 2.50. The van der Waals surface area contributed by atoms with Crippen LogP contribution in [0, 0.1) is 5.41 Å². The molecule has 1 aromatic rings. The van der Waals surface area contributed by atoms with Crippen molar-refractivity contribution in [2.45, 2.75) is 58.3 Å². The lowest BCUT2D eigenvalue weighted by atomic mass is 10.0. The van der Waals surface area contributed by atoms with Crippen molar-refractivity contribution in [3.05, 3.63) is 35.9 Å². The summed E-state index contributed by atoms with van der Waals surface area (Å²) in [6.07, 6.45) is 7.79. The van der Waals surface area contributed by atoms with Gasteiger partial charge in [-0.25, -0.2) is 4.58 Å². The molecule has 2 nitrogen and oxygen atoms in total. The van der Waals surface area contributed by atoms with E-state index in [1.807, 2.05) is 10.6 Å². The SMILES string of the molecule is CCCCCCCC[N+](=C=N)CC(C)c1ccccc1. The molecule has 2 heteroatoms. The lowest BCUT2D eigenvalue weighted by molar-refractivity contribution is -0.525. The Bertz CT molecular complexity index is 405. The molecule has 0 radical (unpaired) electrons. The van der Waals surface area contributed by atoms with Crippen LogP contribution >= 0.6 is 0 Å². The lowest BCUT2D eigenvalue weighted by Gasteiger charge is -2.11. The smallest absolute Gasteiger partial charge is 0.220 e. The fourth-order valence-corrected chi connectivity index (χ4v) is 2.49. The number of nitrogens with one attached hydrogen (secondary N) is 1. The summed E-state index contributed by atoms with van der Waals surface area (Å²) >= 11 is 0. The molecule has 1 rings (SSSR count). The highest BCUT2D eigenvalue weighted by molar-refractivity contribution is 5.28. The number of nitrogens with zero attached hydrogens (tertiary/aromatic N) is 1. The third-order valence-corrected chi connectivity index (χ3v) is 3.80. The van der Waals surface area contributed by atoms with Gasteiger partial charge in [0.2, 0.25) is 0 Å². The van der Waals surface area contributed by atoms with Crippen molar-refractivity contribution in [1.82, 2.24) is 0 Å². The topological polar surface area (TPSA) is 26.9 Å². The fraction of sp³-hybridized carbons (Fsp3) is 0.611. The van der Waals surface area contributed by atoms with Gasteiger partial charge in [0.1, 0.15) is 0 Å². The predicted molar refractivity (Wildman–Crippen MR) is 86.0 cm³/mol. The monoisotopic (exact) mass is 273 g/mol. The van der Waals surface area contributed by atoms with Gasteiger partial charge in [0.25, 0.3) is 0 Å². The van der Waals surface area contributed by atoms with E-state index in [1.54, 1.807) is 0 Å². The second-order valence-corrected chi connectivity index (χ2v) is 5.64. The van der Waals surface area contributed by atoms with E-state index in [0.29, 0.717) is 5.92 Å². The van der Waals surface area contributed by atoms with E-state index in [9.17, 15) is 0 Å². The summed E-state index contributed by atoms with van der Waals surface area (Å²) in [6.45, 7) is 6.33. The van der Waals surface area contributed by atoms with Crippen LogP contribution in [0.4, 0.5) is 0 Å². The zero-order valence-corrected chi connectivity index (χ0v) is 13.1. The Balaban J connectivity index is 2.28. The number of hydrogen-bond acceptors (Lipinski definition) is 1. The molecule has 0 fully saturated rings. The maximum absolute atomic E-state index is 7.44. The molecule has 1 atom stereocenters. The molecule has 0 aliphatic rings. The molecule has 0 aromatic heterocycles. The van der Waals surface area contributed by atoms with Gasteiger partial charge in [-0.3, -0.25) is 0 Å². The Morgan fingerprint density at radius 2 is 1.70 bits per heavy atom. The Morgan fingerprint density at radius 3 is 2.35 bits per heavy atom. The molecule has 0 aliphatic heterocycles. The van der Waals surface area contributed by atoms with Crippen LogP contribution in [0.1, 0.15) is 63.9 Å². The quantitative estimate of drug-likeness (QED) is 0.356. The highest BCUT2D eigenvalue weighted by Gasteiger charge is 2.10. The van der Waals surface area contributed by atoms with Gasteiger partial charge in [-0.15, -0.1) is 0 Å². The molecule has 1 N–H and O–H groups in total. The van der Waals surface area contributed by atoms with E-state index in [2.05, 4.69) is 44.1 Å². The molecule has 0 spiro atoms. The first kappa shape index (κ1) is 16.7.